The van der Waals surface area contributed by atoms with Crippen LogP contribution < -0.4 is 5.32 Å². The maximum absolute atomic E-state index is 11.3. The summed E-state index contributed by atoms with van der Waals surface area (Å²) in [7, 11) is -0.550. The Labute approximate surface area is 98.3 Å². The van der Waals surface area contributed by atoms with Crippen LogP contribution in [0.25, 0.3) is 0 Å². The molecule has 0 aromatic rings. The summed E-state index contributed by atoms with van der Waals surface area (Å²) in [5.74, 6) is 1.49. The third kappa shape index (κ3) is 3.43. The van der Waals surface area contributed by atoms with E-state index in [1.165, 1.54) is 19.5 Å². The molecule has 5 heteroatoms. The molecule has 94 valence electrons. The Morgan fingerprint density at radius 1 is 1.25 bits per heavy atom. The lowest BCUT2D eigenvalue weighted by molar-refractivity contribution is 0.371. The van der Waals surface area contributed by atoms with Crippen molar-refractivity contribution in [2.75, 3.05) is 38.2 Å². The standard InChI is InChI=1S/C11H22N2O2S/c1-13-5-2-10(9-13)8-12-11-3-6-16(14,15)7-4-11/h10-12H,2-9H2,1H3. The lowest BCUT2D eigenvalue weighted by atomic mass is 10.1. The van der Waals surface area contributed by atoms with E-state index in [-0.39, 0.29) is 0 Å². The minimum atomic E-state index is -2.71. The number of nitrogens with zero attached hydrogens (tertiary/aromatic N) is 1. The fourth-order valence-electron chi connectivity index (χ4n) is 2.62. The lowest BCUT2D eigenvalue weighted by Gasteiger charge is -2.24. The van der Waals surface area contributed by atoms with Gasteiger partial charge in [0.05, 0.1) is 11.5 Å². The molecule has 0 aliphatic carbocycles. The van der Waals surface area contributed by atoms with Crippen molar-refractivity contribution in [2.24, 2.45) is 5.92 Å². The minimum absolute atomic E-state index is 0.370. The van der Waals surface area contributed by atoms with Crippen LogP contribution in [0.2, 0.25) is 0 Å². The molecule has 16 heavy (non-hydrogen) atoms. The van der Waals surface area contributed by atoms with Gasteiger partial charge < -0.3 is 10.2 Å². The first-order valence-electron chi connectivity index (χ1n) is 6.17. The molecule has 0 aromatic heterocycles. The number of hydrogen-bond donors (Lipinski definition) is 1. The Bertz CT molecular complexity index is 315. The van der Waals surface area contributed by atoms with Gasteiger partial charge in [0.25, 0.3) is 0 Å². The summed E-state index contributed by atoms with van der Waals surface area (Å²) in [6.45, 7) is 3.43. The molecule has 4 nitrogen and oxygen atoms in total. The number of sulfone groups is 1. The Balaban J connectivity index is 1.68. The van der Waals surface area contributed by atoms with Crippen molar-refractivity contribution in [1.29, 1.82) is 0 Å². The molecule has 1 atom stereocenters. The average molecular weight is 246 g/mol. The molecule has 0 aromatic carbocycles. The number of nitrogens with one attached hydrogen (secondary N) is 1. The van der Waals surface area contributed by atoms with Crippen molar-refractivity contribution in [3.63, 3.8) is 0 Å². The highest BCUT2D eigenvalue weighted by molar-refractivity contribution is 7.91. The molecule has 0 bridgehead atoms. The van der Waals surface area contributed by atoms with Crippen molar-refractivity contribution >= 4 is 9.84 Å². The van der Waals surface area contributed by atoms with Crippen LogP contribution >= 0.6 is 0 Å². The monoisotopic (exact) mass is 246 g/mol. The number of rotatable bonds is 3. The van der Waals surface area contributed by atoms with Crippen molar-refractivity contribution < 1.29 is 8.42 Å². The van der Waals surface area contributed by atoms with Crippen LogP contribution in [0.1, 0.15) is 19.3 Å². The molecule has 1 N–H and O–H groups in total. The summed E-state index contributed by atoms with van der Waals surface area (Å²) >= 11 is 0. The third-order valence-corrected chi connectivity index (χ3v) is 5.45. The fraction of sp³-hybridized carbons (Fsp3) is 1.00. The van der Waals surface area contributed by atoms with Crippen LogP contribution in [-0.2, 0) is 9.84 Å². The molecule has 1 unspecified atom stereocenters. The topological polar surface area (TPSA) is 49.4 Å². The predicted octanol–water partition coefficient (Wildman–Crippen LogP) is 0.105. The first-order chi connectivity index (χ1) is 7.55. The molecule has 0 amide bonds. The van der Waals surface area contributed by atoms with E-state index in [0.717, 1.165) is 25.3 Å². The number of likely N-dealkylation sites (tertiary alicyclic amines) is 1. The van der Waals surface area contributed by atoms with Gasteiger partial charge in [-0.05, 0) is 45.3 Å². The lowest BCUT2D eigenvalue weighted by Crippen LogP contribution is -2.40. The van der Waals surface area contributed by atoms with Gasteiger partial charge in [-0.25, -0.2) is 8.42 Å². The second-order valence-electron chi connectivity index (χ2n) is 5.25. The Hall–Kier alpha value is -0.130. The van der Waals surface area contributed by atoms with Crippen molar-refractivity contribution in [2.45, 2.75) is 25.3 Å². The van der Waals surface area contributed by atoms with E-state index in [1.54, 1.807) is 0 Å². The zero-order valence-electron chi connectivity index (χ0n) is 9.98. The van der Waals surface area contributed by atoms with Crippen LogP contribution in [0.15, 0.2) is 0 Å². The molecule has 0 spiro atoms. The molecule has 0 saturated carbocycles. The van der Waals surface area contributed by atoms with E-state index >= 15 is 0 Å². The van der Waals surface area contributed by atoms with Crippen molar-refractivity contribution in [3.8, 4) is 0 Å². The molecule has 2 fully saturated rings. The fourth-order valence-corrected chi connectivity index (χ4v) is 4.11. The van der Waals surface area contributed by atoms with Gasteiger partial charge in [0.15, 0.2) is 0 Å². The molecule has 2 saturated heterocycles. The first kappa shape index (κ1) is 12.3. The van der Waals surface area contributed by atoms with Gasteiger partial charge in [-0.2, -0.15) is 0 Å². The van der Waals surface area contributed by atoms with Crippen LogP contribution in [0.4, 0.5) is 0 Å². The smallest absolute Gasteiger partial charge is 0.150 e. The summed E-state index contributed by atoms with van der Waals surface area (Å²) in [5, 5.41) is 3.53. The van der Waals surface area contributed by atoms with Crippen molar-refractivity contribution in [3.05, 3.63) is 0 Å². The first-order valence-corrected chi connectivity index (χ1v) is 8.00. The highest BCUT2D eigenvalue weighted by Gasteiger charge is 2.25. The van der Waals surface area contributed by atoms with Gasteiger partial charge in [0.2, 0.25) is 0 Å². The summed E-state index contributed by atoms with van der Waals surface area (Å²) in [6, 6.07) is 0.425. The largest absolute Gasteiger partial charge is 0.314 e. The second-order valence-corrected chi connectivity index (χ2v) is 7.55. The Morgan fingerprint density at radius 3 is 2.50 bits per heavy atom. The minimum Gasteiger partial charge on any atom is -0.314 e. The second kappa shape index (κ2) is 5.02. The highest BCUT2D eigenvalue weighted by atomic mass is 32.2. The Kier molecular flexibility index (Phi) is 3.87. The highest BCUT2D eigenvalue weighted by Crippen LogP contribution is 2.16. The van der Waals surface area contributed by atoms with Crippen LogP contribution in [0.3, 0.4) is 0 Å². The Morgan fingerprint density at radius 2 is 1.94 bits per heavy atom. The maximum Gasteiger partial charge on any atom is 0.150 e. The summed E-state index contributed by atoms with van der Waals surface area (Å²) in [6.07, 6.45) is 2.87. The SMILES string of the molecule is CN1CCC(CNC2CCS(=O)(=O)CC2)C1. The predicted molar refractivity (Wildman–Crippen MR) is 65.3 cm³/mol. The van der Waals surface area contributed by atoms with E-state index in [0.29, 0.717) is 17.5 Å². The zero-order chi connectivity index (χ0) is 11.6. The van der Waals surface area contributed by atoms with Gasteiger partial charge in [0, 0.05) is 12.6 Å². The van der Waals surface area contributed by atoms with E-state index in [9.17, 15) is 8.42 Å². The maximum atomic E-state index is 11.3. The summed E-state index contributed by atoms with van der Waals surface area (Å²) in [4.78, 5) is 2.36. The average Bonchev–Trinajstić information content (AvgIpc) is 2.63. The molecule has 2 heterocycles. The van der Waals surface area contributed by atoms with Gasteiger partial charge in [0.1, 0.15) is 9.84 Å². The molecule has 2 aliphatic rings. The van der Waals surface area contributed by atoms with E-state index in [2.05, 4.69) is 17.3 Å². The third-order valence-electron chi connectivity index (χ3n) is 3.74. The molecular formula is C11H22N2O2S. The molecular weight excluding hydrogens is 224 g/mol. The van der Waals surface area contributed by atoms with Gasteiger partial charge in [-0.15, -0.1) is 0 Å². The van der Waals surface area contributed by atoms with E-state index in [4.69, 9.17) is 0 Å². The van der Waals surface area contributed by atoms with Gasteiger partial charge >= 0.3 is 0 Å². The molecule has 0 radical (unpaired) electrons. The van der Waals surface area contributed by atoms with Gasteiger partial charge in [-0.1, -0.05) is 0 Å². The number of hydrogen-bond acceptors (Lipinski definition) is 4. The van der Waals surface area contributed by atoms with Crippen LogP contribution in [-0.4, -0.2) is 57.5 Å². The molecule has 2 aliphatic heterocycles. The van der Waals surface area contributed by atoms with Crippen molar-refractivity contribution in [1.82, 2.24) is 10.2 Å². The van der Waals surface area contributed by atoms with E-state index < -0.39 is 9.84 Å². The summed E-state index contributed by atoms with van der Waals surface area (Å²) < 4.78 is 22.5. The van der Waals surface area contributed by atoms with Crippen LogP contribution in [0.5, 0.6) is 0 Å². The quantitative estimate of drug-likeness (QED) is 0.767. The van der Waals surface area contributed by atoms with E-state index in [1.807, 2.05) is 0 Å². The normalized spacial score (nSPS) is 31.9. The zero-order valence-corrected chi connectivity index (χ0v) is 10.8. The van der Waals surface area contributed by atoms with Crippen LogP contribution in [0, 0.1) is 5.92 Å². The summed E-state index contributed by atoms with van der Waals surface area (Å²) in [5.41, 5.74) is 0. The molecule has 2 rings (SSSR count). The van der Waals surface area contributed by atoms with Gasteiger partial charge in [-0.3, -0.25) is 0 Å².